The average Bonchev–Trinajstić information content (AvgIpc) is 2.45. The minimum atomic E-state index is -3.71. The molecule has 0 aliphatic carbocycles. The molecule has 0 unspecified atom stereocenters. The highest BCUT2D eigenvalue weighted by atomic mass is 79.9. The molecule has 0 aliphatic rings. The summed E-state index contributed by atoms with van der Waals surface area (Å²) >= 11 is 3.25. The first-order valence-electron chi connectivity index (χ1n) is 5.99. The highest BCUT2D eigenvalue weighted by Crippen LogP contribution is 2.15. The molecule has 0 amide bonds. The quantitative estimate of drug-likeness (QED) is 0.643. The van der Waals surface area contributed by atoms with Gasteiger partial charge in [0.15, 0.2) is 0 Å². The summed E-state index contributed by atoms with van der Waals surface area (Å²) in [7, 11) is -3.71. The van der Waals surface area contributed by atoms with Gasteiger partial charge in [-0.3, -0.25) is 0 Å². The number of halogens is 1. The van der Waals surface area contributed by atoms with E-state index in [2.05, 4.69) is 25.9 Å². The smallest absolute Gasteiger partial charge is 0.276 e. The van der Waals surface area contributed by atoms with E-state index in [1.165, 1.54) is 24.3 Å². The van der Waals surface area contributed by atoms with E-state index in [0.29, 0.717) is 11.3 Å². The molecule has 7 heteroatoms. The Kier molecular flexibility index (Phi) is 4.64. The van der Waals surface area contributed by atoms with Crippen molar-refractivity contribution in [3.05, 3.63) is 58.6 Å². The Hall–Kier alpha value is -1.86. The maximum atomic E-state index is 12.1. The van der Waals surface area contributed by atoms with Crippen molar-refractivity contribution in [2.45, 2.75) is 11.8 Å². The van der Waals surface area contributed by atoms with Crippen molar-refractivity contribution in [3.63, 3.8) is 0 Å². The van der Waals surface area contributed by atoms with E-state index in [1.54, 1.807) is 31.2 Å². The van der Waals surface area contributed by atoms with Crippen molar-refractivity contribution < 1.29 is 13.5 Å². The predicted octanol–water partition coefficient (Wildman–Crippen LogP) is 2.86. The minimum absolute atomic E-state index is 0.0952. The molecule has 0 radical (unpaired) electrons. The molecule has 2 aromatic carbocycles. The van der Waals surface area contributed by atoms with Crippen molar-refractivity contribution in [3.8, 4) is 5.75 Å². The monoisotopic (exact) mass is 368 g/mol. The topological polar surface area (TPSA) is 78.8 Å². The van der Waals surface area contributed by atoms with E-state index in [9.17, 15) is 13.5 Å². The number of nitrogens with zero attached hydrogens (tertiary/aromatic N) is 1. The lowest BCUT2D eigenvalue weighted by molar-refractivity contribution is 0.475. The molecule has 0 atom stereocenters. The lowest BCUT2D eigenvalue weighted by Gasteiger charge is -2.06. The van der Waals surface area contributed by atoms with Crippen LogP contribution in [0.2, 0.25) is 0 Å². The molecular weight excluding hydrogens is 356 g/mol. The lowest BCUT2D eigenvalue weighted by atomic mass is 10.1. The van der Waals surface area contributed by atoms with Crippen LogP contribution in [-0.2, 0) is 10.0 Å². The van der Waals surface area contributed by atoms with Gasteiger partial charge in [-0.25, -0.2) is 0 Å². The number of hydrogen-bond donors (Lipinski definition) is 2. The Morgan fingerprint density at radius 2 is 1.86 bits per heavy atom. The molecule has 0 fully saturated rings. The van der Waals surface area contributed by atoms with Crippen LogP contribution in [0.1, 0.15) is 12.5 Å². The molecular formula is C14H13BrN2O3S. The van der Waals surface area contributed by atoms with Crippen LogP contribution in [0.5, 0.6) is 5.75 Å². The van der Waals surface area contributed by atoms with Gasteiger partial charge in [-0.1, -0.05) is 28.1 Å². The molecule has 0 heterocycles. The molecule has 0 aromatic heterocycles. The number of phenols is 1. The third-order valence-corrected chi connectivity index (χ3v) is 4.47. The lowest BCUT2D eigenvalue weighted by Crippen LogP contribution is -2.19. The van der Waals surface area contributed by atoms with Gasteiger partial charge in [0, 0.05) is 10.0 Å². The zero-order valence-corrected chi connectivity index (χ0v) is 13.5. The molecule has 2 aromatic rings. The Balaban J connectivity index is 2.21. The van der Waals surface area contributed by atoms with Crippen LogP contribution in [0, 0.1) is 0 Å². The second kappa shape index (κ2) is 6.28. The summed E-state index contributed by atoms with van der Waals surface area (Å²) < 4.78 is 24.9. The number of nitrogens with one attached hydrogen (secondary N) is 1. The van der Waals surface area contributed by atoms with Gasteiger partial charge in [-0.2, -0.15) is 18.4 Å². The molecule has 0 bridgehead atoms. The summed E-state index contributed by atoms with van der Waals surface area (Å²) in [6, 6.07) is 12.7. The summed E-state index contributed by atoms with van der Waals surface area (Å²) in [6.07, 6.45) is 0. The third kappa shape index (κ3) is 4.05. The average molecular weight is 369 g/mol. The fraction of sp³-hybridized carbons (Fsp3) is 0.0714. The maximum Gasteiger partial charge on any atom is 0.276 e. The summed E-state index contributed by atoms with van der Waals surface area (Å²) in [5.74, 6) is 0.0952. The number of rotatable bonds is 4. The number of benzene rings is 2. The van der Waals surface area contributed by atoms with E-state index in [0.717, 1.165) is 4.47 Å². The van der Waals surface area contributed by atoms with Gasteiger partial charge in [0.2, 0.25) is 0 Å². The Morgan fingerprint density at radius 1 is 1.19 bits per heavy atom. The SMILES string of the molecule is C/C(=N\NS(=O)(=O)c1ccc(Br)cc1)c1cccc(O)c1. The molecule has 21 heavy (non-hydrogen) atoms. The Labute approximate surface area is 131 Å². The predicted molar refractivity (Wildman–Crippen MR) is 84.8 cm³/mol. The van der Waals surface area contributed by atoms with Gasteiger partial charge < -0.3 is 5.11 Å². The first kappa shape index (κ1) is 15.5. The highest BCUT2D eigenvalue weighted by Gasteiger charge is 2.12. The summed E-state index contributed by atoms with van der Waals surface area (Å²) in [4.78, 5) is 2.30. The standard InChI is InChI=1S/C14H13BrN2O3S/c1-10(11-3-2-4-13(18)9-11)16-17-21(19,20)14-7-5-12(15)6-8-14/h2-9,17-18H,1H3/b16-10+. The van der Waals surface area contributed by atoms with Crippen LogP contribution in [-0.4, -0.2) is 19.2 Å². The van der Waals surface area contributed by atoms with Gasteiger partial charge in [-0.15, -0.1) is 0 Å². The molecule has 0 aliphatic heterocycles. The maximum absolute atomic E-state index is 12.1. The molecule has 5 nitrogen and oxygen atoms in total. The van der Waals surface area contributed by atoms with E-state index >= 15 is 0 Å². The van der Waals surface area contributed by atoms with Crippen molar-refractivity contribution in [1.29, 1.82) is 0 Å². The fourth-order valence-corrected chi connectivity index (χ4v) is 2.71. The van der Waals surface area contributed by atoms with Crippen LogP contribution >= 0.6 is 15.9 Å². The highest BCUT2D eigenvalue weighted by molar-refractivity contribution is 9.10. The van der Waals surface area contributed by atoms with Gasteiger partial charge in [-0.05, 0) is 43.3 Å². The molecule has 0 saturated heterocycles. The normalized spacial score (nSPS) is 12.2. The second-order valence-electron chi connectivity index (χ2n) is 4.30. The first-order chi connectivity index (χ1) is 9.88. The second-order valence-corrected chi connectivity index (χ2v) is 6.87. The molecule has 0 spiro atoms. The zero-order chi connectivity index (χ0) is 15.5. The van der Waals surface area contributed by atoms with Crippen molar-refractivity contribution in [1.82, 2.24) is 4.83 Å². The molecule has 2 rings (SSSR count). The third-order valence-electron chi connectivity index (χ3n) is 2.72. The van der Waals surface area contributed by atoms with Crippen LogP contribution in [0.3, 0.4) is 0 Å². The van der Waals surface area contributed by atoms with Crippen molar-refractivity contribution in [2.75, 3.05) is 0 Å². The molecule has 2 N–H and O–H groups in total. The van der Waals surface area contributed by atoms with Gasteiger partial charge in [0.1, 0.15) is 5.75 Å². The van der Waals surface area contributed by atoms with Crippen LogP contribution in [0.25, 0.3) is 0 Å². The van der Waals surface area contributed by atoms with Crippen LogP contribution in [0.15, 0.2) is 63.0 Å². The summed E-state index contributed by atoms with van der Waals surface area (Å²) in [5.41, 5.74) is 1.08. The fourth-order valence-electron chi connectivity index (χ4n) is 1.59. The van der Waals surface area contributed by atoms with E-state index in [4.69, 9.17) is 0 Å². The number of aromatic hydroxyl groups is 1. The number of hydrazone groups is 1. The van der Waals surface area contributed by atoms with Crippen LogP contribution < -0.4 is 4.83 Å². The zero-order valence-electron chi connectivity index (χ0n) is 11.1. The summed E-state index contributed by atoms with van der Waals surface area (Å²) in [6.45, 7) is 1.65. The minimum Gasteiger partial charge on any atom is -0.508 e. The van der Waals surface area contributed by atoms with Gasteiger partial charge >= 0.3 is 0 Å². The first-order valence-corrected chi connectivity index (χ1v) is 8.27. The largest absolute Gasteiger partial charge is 0.508 e. The van der Waals surface area contributed by atoms with Gasteiger partial charge in [0.25, 0.3) is 10.0 Å². The Bertz CT molecular complexity index is 771. The van der Waals surface area contributed by atoms with E-state index < -0.39 is 10.0 Å². The number of sulfonamides is 1. The number of hydrogen-bond acceptors (Lipinski definition) is 4. The van der Waals surface area contributed by atoms with Gasteiger partial charge in [0.05, 0.1) is 10.6 Å². The van der Waals surface area contributed by atoms with Crippen molar-refractivity contribution >= 4 is 31.7 Å². The van der Waals surface area contributed by atoms with Crippen LogP contribution in [0.4, 0.5) is 0 Å². The molecule has 110 valence electrons. The summed E-state index contributed by atoms with van der Waals surface area (Å²) in [5, 5.41) is 13.3. The van der Waals surface area contributed by atoms with Crippen molar-refractivity contribution in [2.24, 2.45) is 5.10 Å². The van der Waals surface area contributed by atoms with E-state index in [-0.39, 0.29) is 10.6 Å². The Morgan fingerprint density at radius 3 is 2.48 bits per heavy atom. The number of phenolic OH excluding ortho intramolecular Hbond substituents is 1. The molecule has 0 saturated carbocycles. The van der Waals surface area contributed by atoms with E-state index in [1.807, 2.05) is 0 Å².